The van der Waals surface area contributed by atoms with E-state index in [1.807, 2.05) is 0 Å². The number of nitrogens with one attached hydrogen (secondary N) is 2. The molecule has 1 aliphatic heterocycles. The van der Waals surface area contributed by atoms with Crippen LogP contribution in [0.2, 0.25) is 0 Å². The second-order valence-electron chi connectivity index (χ2n) is 5.11. The average Bonchev–Trinajstić information content (AvgIpc) is 2.38. The van der Waals surface area contributed by atoms with Gasteiger partial charge in [0.1, 0.15) is 23.0 Å². The monoisotopic (exact) mass is 322 g/mol. The van der Waals surface area contributed by atoms with Crippen LogP contribution < -0.4 is 10.6 Å². The Morgan fingerprint density at radius 2 is 1.95 bits per heavy atom. The summed E-state index contributed by atoms with van der Waals surface area (Å²) in [6.45, 7) is 3.50. The molecule has 0 spiro atoms. The molecule has 1 aliphatic rings. The summed E-state index contributed by atoms with van der Waals surface area (Å²) >= 11 is 0. The van der Waals surface area contributed by atoms with Crippen LogP contribution in [0.25, 0.3) is 0 Å². The van der Waals surface area contributed by atoms with Crippen LogP contribution in [0.5, 0.6) is 0 Å². The van der Waals surface area contributed by atoms with Gasteiger partial charge in [-0.25, -0.2) is 13.2 Å². The topological polar surface area (TPSA) is 41.1 Å². The number of benzene rings is 1. The predicted molar refractivity (Wildman–Crippen MR) is 76.1 cm³/mol. The molecule has 0 aromatic heterocycles. The van der Waals surface area contributed by atoms with E-state index in [1.54, 1.807) is 6.92 Å². The lowest BCUT2D eigenvalue weighted by Crippen LogP contribution is -2.45. The van der Waals surface area contributed by atoms with Crippen LogP contribution in [0.4, 0.5) is 13.2 Å². The molecule has 2 atom stereocenters. The minimum Gasteiger partial charge on any atom is -0.349 e. The third-order valence-corrected chi connectivity index (χ3v) is 3.63. The van der Waals surface area contributed by atoms with Gasteiger partial charge in [-0.2, -0.15) is 0 Å². The second kappa shape index (κ2) is 7.66. The van der Waals surface area contributed by atoms with Gasteiger partial charge in [0.15, 0.2) is 0 Å². The highest BCUT2D eigenvalue weighted by atomic mass is 35.5. The molecule has 1 saturated heterocycles. The van der Waals surface area contributed by atoms with E-state index < -0.39 is 28.9 Å². The average molecular weight is 323 g/mol. The molecule has 0 radical (unpaired) electrons. The normalized spacial score (nSPS) is 19.5. The zero-order valence-electron chi connectivity index (χ0n) is 11.6. The molecular formula is C14H18ClF3N2O. The maximum Gasteiger partial charge on any atom is 0.257 e. The number of carbonyl (C=O) groups is 1. The summed E-state index contributed by atoms with van der Waals surface area (Å²) in [6, 6.07) is 0.800. The number of hydrogen-bond acceptors (Lipinski definition) is 2. The molecule has 2 N–H and O–H groups in total. The first-order valence-electron chi connectivity index (χ1n) is 6.65. The number of halogens is 4. The predicted octanol–water partition coefficient (Wildman–Crippen LogP) is 2.64. The van der Waals surface area contributed by atoms with Gasteiger partial charge in [0.05, 0.1) is 0 Å². The largest absolute Gasteiger partial charge is 0.349 e. The zero-order valence-corrected chi connectivity index (χ0v) is 12.4. The highest BCUT2D eigenvalue weighted by Crippen LogP contribution is 2.17. The standard InChI is InChI=1S/C14H17F3N2O.ClH/c1-8(9-3-2-4-18-7-9)19-14(20)13-11(16)5-10(15)6-12(13)17;/h5-6,8-9,18H,2-4,7H2,1H3,(H,19,20);1H. The Kier molecular flexibility index (Phi) is 6.48. The van der Waals surface area contributed by atoms with Gasteiger partial charge >= 0.3 is 0 Å². The van der Waals surface area contributed by atoms with Crippen molar-refractivity contribution in [3.8, 4) is 0 Å². The first kappa shape index (κ1) is 17.8. The van der Waals surface area contributed by atoms with Crippen LogP contribution in [-0.2, 0) is 0 Å². The number of rotatable bonds is 3. The minimum absolute atomic E-state index is 0. The van der Waals surface area contributed by atoms with Crippen molar-refractivity contribution in [1.82, 2.24) is 10.6 Å². The maximum absolute atomic E-state index is 13.5. The van der Waals surface area contributed by atoms with Crippen molar-refractivity contribution in [1.29, 1.82) is 0 Å². The summed E-state index contributed by atoms with van der Waals surface area (Å²) in [5.41, 5.74) is -0.734. The first-order chi connectivity index (χ1) is 9.49. The smallest absolute Gasteiger partial charge is 0.257 e. The molecule has 3 nitrogen and oxygen atoms in total. The molecule has 1 aromatic rings. The molecule has 1 aromatic carbocycles. The van der Waals surface area contributed by atoms with Gasteiger partial charge in [-0.15, -0.1) is 12.4 Å². The Morgan fingerprint density at radius 3 is 2.48 bits per heavy atom. The van der Waals surface area contributed by atoms with E-state index in [4.69, 9.17) is 0 Å². The Hall–Kier alpha value is -1.27. The van der Waals surface area contributed by atoms with Crippen LogP contribution in [0, 0.1) is 23.4 Å². The van der Waals surface area contributed by atoms with Crippen LogP contribution in [-0.4, -0.2) is 25.0 Å². The summed E-state index contributed by atoms with van der Waals surface area (Å²) in [4.78, 5) is 11.9. The Bertz CT molecular complexity index is 484. The van der Waals surface area contributed by atoms with Gasteiger partial charge in [-0.3, -0.25) is 4.79 Å². The fraction of sp³-hybridized carbons (Fsp3) is 0.500. The van der Waals surface area contributed by atoms with Crippen molar-refractivity contribution in [2.24, 2.45) is 5.92 Å². The lowest BCUT2D eigenvalue weighted by molar-refractivity contribution is 0.0913. The Morgan fingerprint density at radius 1 is 1.33 bits per heavy atom. The lowest BCUT2D eigenvalue weighted by Gasteiger charge is -2.29. The van der Waals surface area contributed by atoms with Crippen molar-refractivity contribution < 1.29 is 18.0 Å². The summed E-state index contributed by atoms with van der Waals surface area (Å²) in [7, 11) is 0. The van der Waals surface area contributed by atoms with Gasteiger partial charge in [-0.1, -0.05) is 0 Å². The van der Waals surface area contributed by atoms with E-state index in [9.17, 15) is 18.0 Å². The number of amides is 1. The lowest BCUT2D eigenvalue weighted by atomic mass is 9.92. The highest BCUT2D eigenvalue weighted by Gasteiger charge is 2.25. The van der Waals surface area contributed by atoms with Crippen LogP contribution in [0.1, 0.15) is 30.1 Å². The molecule has 1 amide bonds. The molecule has 1 heterocycles. The van der Waals surface area contributed by atoms with Crippen molar-refractivity contribution in [2.45, 2.75) is 25.8 Å². The summed E-state index contributed by atoms with van der Waals surface area (Å²) in [6.07, 6.45) is 1.95. The molecular weight excluding hydrogens is 305 g/mol. The highest BCUT2D eigenvalue weighted by molar-refractivity contribution is 5.94. The number of piperidine rings is 1. The van der Waals surface area contributed by atoms with E-state index in [-0.39, 0.29) is 24.4 Å². The van der Waals surface area contributed by atoms with Crippen molar-refractivity contribution >= 4 is 18.3 Å². The molecule has 0 bridgehead atoms. The van der Waals surface area contributed by atoms with Crippen molar-refractivity contribution in [3.63, 3.8) is 0 Å². The molecule has 118 valence electrons. The van der Waals surface area contributed by atoms with Gasteiger partial charge in [0, 0.05) is 18.2 Å². The summed E-state index contributed by atoms with van der Waals surface area (Å²) < 4.78 is 39.8. The minimum atomic E-state index is -1.19. The number of carbonyl (C=O) groups excluding carboxylic acids is 1. The first-order valence-corrected chi connectivity index (χ1v) is 6.65. The Labute approximate surface area is 127 Å². The Balaban J connectivity index is 0.00000220. The molecule has 21 heavy (non-hydrogen) atoms. The van der Waals surface area contributed by atoms with E-state index in [0.717, 1.165) is 25.9 Å². The van der Waals surface area contributed by atoms with Crippen LogP contribution >= 0.6 is 12.4 Å². The molecule has 2 rings (SSSR count). The van der Waals surface area contributed by atoms with Crippen LogP contribution in [0.15, 0.2) is 12.1 Å². The van der Waals surface area contributed by atoms with E-state index in [1.165, 1.54) is 0 Å². The second-order valence-corrected chi connectivity index (χ2v) is 5.11. The summed E-state index contributed by atoms with van der Waals surface area (Å²) in [5.74, 6) is -4.04. The SMILES string of the molecule is CC(NC(=O)c1c(F)cc(F)cc1F)C1CCCNC1.Cl. The summed E-state index contributed by atoms with van der Waals surface area (Å²) in [5, 5.41) is 5.80. The number of hydrogen-bond donors (Lipinski definition) is 2. The zero-order chi connectivity index (χ0) is 14.7. The van der Waals surface area contributed by atoms with Gasteiger partial charge < -0.3 is 10.6 Å². The maximum atomic E-state index is 13.5. The van der Waals surface area contributed by atoms with E-state index in [0.29, 0.717) is 12.1 Å². The molecule has 0 aliphatic carbocycles. The quantitative estimate of drug-likeness (QED) is 0.898. The van der Waals surface area contributed by atoms with Gasteiger partial charge in [0.2, 0.25) is 0 Å². The molecule has 0 saturated carbocycles. The van der Waals surface area contributed by atoms with Crippen LogP contribution in [0.3, 0.4) is 0 Å². The fourth-order valence-corrected chi connectivity index (χ4v) is 2.46. The third-order valence-electron chi connectivity index (χ3n) is 3.63. The molecule has 1 fully saturated rings. The van der Waals surface area contributed by atoms with Gasteiger partial charge in [-0.05, 0) is 38.8 Å². The molecule has 2 unspecified atom stereocenters. The van der Waals surface area contributed by atoms with Crippen molar-refractivity contribution in [2.75, 3.05) is 13.1 Å². The van der Waals surface area contributed by atoms with Crippen molar-refractivity contribution in [3.05, 3.63) is 35.1 Å². The molecule has 7 heteroatoms. The fourth-order valence-electron chi connectivity index (χ4n) is 2.46. The third kappa shape index (κ3) is 4.35. The van der Waals surface area contributed by atoms with E-state index in [2.05, 4.69) is 10.6 Å². The van der Waals surface area contributed by atoms with Gasteiger partial charge in [0.25, 0.3) is 5.91 Å². The van der Waals surface area contributed by atoms with E-state index >= 15 is 0 Å².